The number of ether oxygens (including phenoxy) is 4. The highest BCUT2D eigenvalue weighted by Gasteiger charge is 2.40. The monoisotopic (exact) mass is 534 g/mol. The minimum absolute atomic E-state index is 0.215. The van der Waals surface area contributed by atoms with Gasteiger partial charge in [0.25, 0.3) is 0 Å². The van der Waals surface area contributed by atoms with Gasteiger partial charge >= 0.3 is 12.3 Å². The smallest absolute Gasteiger partial charge is 0.497 e. The molecule has 0 saturated heterocycles. The van der Waals surface area contributed by atoms with Crippen molar-refractivity contribution in [1.29, 1.82) is 0 Å². The van der Waals surface area contributed by atoms with Gasteiger partial charge in [-0.3, -0.25) is 0 Å². The van der Waals surface area contributed by atoms with Crippen LogP contribution in [-0.4, -0.2) is 26.0 Å². The summed E-state index contributed by atoms with van der Waals surface area (Å²) in [6.45, 7) is 3.83. The average Bonchev–Trinajstić information content (AvgIpc) is 2.93. The molecule has 0 aliphatic carbocycles. The maximum absolute atomic E-state index is 13.1. The molecule has 0 saturated carbocycles. The zero-order chi connectivity index (χ0) is 27.8. The van der Waals surface area contributed by atoms with Crippen molar-refractivity contribution in [3.05, 3.63) is 107 Å². The van der Waals surface area contributed by atoms with Gasteiger partial charge in [-0.25, -0.2) is 4.79 Å². The van der Waals surface area contributed by atoms with Gasteiger partial charge in [-0.15, -0.1) is 13.2 Å². The van der Waals surface area contributed by atoms with Crippen LogP contribution in [-0.2, 0) is 10.3 Å². The molecule has 0 N–H and O–H groups in total. The number of alkyl halides is 3. The fourth-order valence-electron chi connectivity index (χ4n) is 4.95. The second kappa shape index (κ2) is 10.0. The van der Waals surface area contributed by atoms with Crippen LogP contribution in [0.25, 0.3) is 16.8 Å². The summed E-state index contributed by atoms with van der Waals surface area (Å²) in [4.78, 5) is 13.1. The number of methoxy groups -OCH3 is 1. The molecule has 1 atom stereocenters. The molecule has 1 aliphatic heterocycles. The largest absolute Gasteiger partial charge is 0.573 e. The van der Waals surface area contributed by atoms with Crippen molar-refractivity contribution >= 4 is 22.8 Å². The zero-order valence-electron chi connectivity index (χ0n) is 21.5. The predicted octanol–water partition coefficient (Wildman–Crippen LogP) is 7.58. The first kappa shape index (κ1) is 26.2. The molecule has 1 heterocycles. The van der Waals surface area contributed by atoms with Crippen LogP contribution in [0, 0.1) is 6.92 Å². The molecule has 8 heteroatoms. The molecule has 1 unspecified atom stereocenters. The molecular weight excluding hydrogens is 509 g/mol. The van der Waals surface area contributed by atoms with Crippen molar-refractivity contribution in [1.82, 2.24) is 0 Å². The lowest BCUT2D eigenvalue weighted by molar-refractivity contribution is -0.274. The lowest BCUT2D eigenvalue weighted by atomic mass is 9.82. The zero-order valence-corrected chi connectivity index (χ0v) is 21.5. The summed E-state index contributed by atoms with van der Waals surface area (Å²) in [5.41, 5.74) is 1.77. The fourth-order valence-corrected chi connectivity index (χ4v) is 4.95. The second-order valence-electron chi connectivity index (χ2n) is 8.98. The van der Waals surface area contributed by atoms with Gasteiger partial charge in [0.2, 0.25) is 0 Å². The SMILES string of the molecule is CCOC(=O)c1c2c(c3ccccc3c1C)OC(c1ccc(OC)cc1)(c1ccc(OC(F)(F)F)cc1)C=C2. The van der Waals surface area contributed by atoms with E-state index in [-0.39, 0.29) is 12.4 Å². The predicted molar refractivity (Wildman–Crippen MR) is 141 cm³/mol. The van der Waals surface area contributed by atoms with Gasteiger partial charge < -0.3 is 18.9 Å². The van der Waals surface area contributed by atoms with Crippen molar-refractivity contribution in [3.8, 4) is 17.2 Å². The first-order valence-corrected chi connectivity index (χ1v) is 12.3. The minimum Gasteiger partial charge on any atom is -0.497 e. The summed E-state index contributed by atoms with van der Waals surface area (Å²) < 4.78 is 60.0. The Morgan fingerprint density at radius 2 is 1.49 bits per heavy atom. The molecule has 1 aliphatic rings. The number of halogens is 3. The van der Waals surface area contributed by atoms with Crippen LogP contribution < -0.4 is 14.2 Å². The van der Waals surface area contributed by atoms with E-state index in [1.54, 1.807) is 32.2 Å². The number of hydrogen-bond acceptors (Lipinski definition) is 5. The molecule has 0 aromatic heterocycles. The van der Waals surface area contributed by atoms with Gasteiger partial charge in [-0.1, -0.05) is 48.5 Å². The standard InChI is InChI=1S/C31H25F3O5/c1-4-37-29(35)27-19(2)24-7-5-6-8-25(24)28-26(27)17-18-30(39-28,20-9-13-22(36-3)14-10-20)21-11-15-23(16-12-21)38-31(32,33)34/h5-18H,4H2,1-3H3. The third-order valence-corrected chi connectivity index (χ3v) is 6.73. The lowest BCUT2D eigenvalue weighted by Crippen LogP contribution is -2.35. The third-order valence-electron chi connectivity index (χ3n) is 6.73. The molecule has 0 bridgehead atoms. The molecular formula is C31H25F3O5. The quantitative estimate of drug-likeness (QED) is 0.239. The van der Waals surface area contributed by atoms with Crippen LogP contribution in [0.4, 0.5) is 13.2 Å². The van der Waals surface area contributed by atoms with E-state index in [0.717, 1.165) is 16.3 Å². The first-order chi connectivity index (χ1) is 18.7. The summed E-state index contributed by atoms with van der Waals surface area (Å²) in [7, 11) is 1.56. The van der Waals surface area contributed by atoms with Crippen molar-refractivity contribution in [3.63, 3.8) is 0 Å². The number of carbonyl (C=O) groups excluding carboxylic acids is 1. The van der Waals surface area contributed by atoms with E-state index >= 15 is 0 Å². The summed E-state index contributed by atoms with van der Waals surface area (Å²) in [5, 5.41) is 1.62. The van der Waals surface area contributed by atoms with Crippen LogP contribution in [0.15, 0.2) is 78.9 Å². The van der Waals surface area contributed by atoms with E-state index in [4.69, 9.17) is 14.2 Å². The van der Waals surface area contributed by atoms with E-state index < -0.39 is 17.9 Å². The van der Waals surface area contributed by atoms with E-state index in [1.165, 1.54) is 24.3 Å². The average molecular weight is 535 g/mol. The highest BCUT2D eigenvalue weighted by molar-refractivity contribution is 6.06. The number of carbonyl (C=O) groups is 1. The molecule has 5 rings (SSSR count). The van der Waals surface area contributed by atoms with Gasteiger partial charge in [0.1, 0.15) is 17.2 Å². The van der Waals surface area contributed by atoms with Crippen LogP contribution >= 0.6 is 0 Å². The Kier molecular flexibility index (Phi) is 6.72. The Balaban J connectivity index is 1.73. The van der Waals surface area contributed by atoms with E-state index in [0.29, 0.717) is 33.8 Å². The van der Waals surface area contributed by atoms with E-state index in [1.807, 2.05) is 49.4 Å². The normalized spacial score (nSPS) is 16.4. The number of rotatable bonds is 6. The van der Waals surface area contributed by atoms with E-state index in [9.17, 15) is 18.0 Å². The van der Waals surface area contributed by atoms with Crippen LogP contribution in [0.2, 0.25) is 0 Å². The van der Waals surface area contributed by atoms with Crippen molar-refractivity contribution in [2.45, 2.75) is 25.8 Å². The second-order valence-corrected chi connectivity index (χ2v) is 8.98. The molecule has 39 heavy (non-hydrogen) atoms. The molecule has 0 amide bonds. The lowest BCUT2D eigenvalue weighted by Gasteiger charge is -2.37. The van der Waals surface area contributed by atoms with Gasteiger partial charge in [-0.2, -0.15) is 0 Å². The van der Waals surface area contributed by atoms with E-state index in [2.05, 4.69) is 4.74 Å². The van der Waals surface area contributed by atoms with Gasteiger partial charge in [0.05, 0.1) is 19.3 Å². The highest BCUT2D eigenvalue weighted by Crippen LogP contribution is 2.48. The van der Waals surface area contributed by atoms with Crippen LogP contribution in [0.5, 0.6) is 17.2 Å². The molecule has 0 fully saturated rings. The van der Waals surface area contributed by atoms with Crippen LogP contribution in [0.3, 0.4) is 0 Å². The number of aryl methyl sites for hydroxylation is 1. The topological polar surface area (TPSA) is 54.0 Å². The molecule has 4 aromatic rings. The summed E-state index contributed by atoms with van der Waals surface area (Å²) in [5.74, 6) is 0.291. The van der Waals surface area contributed by atoms with Gasteiger partial charge in [0.15, 0.2) is 5.60 Å². The Morgan fingerprint density at radius 3 is 2.05 bits per heavy atom. The first-order valence-electron chi connectivity index (χ1n) is 12.3. The number of esters is 1. The number of benzene rings is 4. The summed E-state index contributed by atoms with van der Waals surface area (Å²) >= 11 is 0. The molecule has 4 aromatic carbocycles. The summed E-state index contributed by atoms with van der Waals surface area (Å²) in [6.07, 6.45) is -1.20. The van der Waals surface area contributed by atoms with Crippen LogP contribution in [0.1, 0.15) is 39.5 Å². The van der Waals surface area contributed by atoms with Crippen molar-refractivity contribution in [2.24, 2.45) is 0 Å². The molecule has 0 radical (unpaired) electrons. The molecule has 5 nitrogen and oxygen atoms in total. The Bertz CT molecular complexity index is 1560. The maximum atomic E-state index is 13.1. The Morgan fingerprint density at radius 1 is 0.897 bits per heavy atom. The van der Waals surface area contributed by atoms with Gasteiger partial charge in [0, 0.05) is 22.1 Å². The van der Waals surface area contributed by atoms with Gasteiger partial charge in [-0.05, 0) is 61.2 Å². The van der Waals surface area contributed by atoms with Crippen molar-refractivity contribution in [2.75, 3.05) is 13.7 Å². The highest BCUT2D eigenvalue weighted by atomic mass is 19.4. The third kappa shape index (κ3) is 4.78. The minimum atomic E-state index is -4.81. The molecule has 0 spiro atoms. The fraction of sp³-hybridized carbons (Fsp3) is 0.194. The summed E-state index contributed by atoms with van der Waals surface area (Å²) in [6, 6.07) is 20.4. The number of hydrogen-bond donors (Lipinski definition) is 0. The maximum Gasteiger partial charge on any atom is 0.573 e. The Labute approximate surface area is 223 Å². The number of fused-ring (bicyclic) bond motifs is 3. The molecule has 200 valence electrons. The van der Waals surface area contributed by atoms with Crippen molar-refractivity contribution < 1.29 is 36.9 Å². The Hall–Kier alpha value is -4.46.